The van der Waals surface area contributed by atoms with Gasteiger partial charge in [-0.05, 0) is 31.6 Å². The van der Waals surface area contributed by atoms with Crippen molar-refractivity contribution in [2.24, 2.45) is 17.8 Å². The first-order chi connectivity index (χ1) is 9.11. The Morgan fingerprint density at radius 1 is 1.21 bits per heavy atom. The molecule has 1 aliphatic carbocycles. The molecule has 1 saturated carbocycles. The minimum atomic E-state index is -0.830. The highest BCUT2D eigenvalue weighted by Crippen LogP contribution is 2.38. The molecule has 3 atom stereocenters. The molecule has 108 valence electrons. The molecule has 2 aliphatic rings. The first-order valence-electron chi connectivity index (χ1n) is 7.22. The summed E-state index contributed by atoms with van der Waals surface area (Å²) in [5, 5.41) is 12.3. The Labute approximate surface area is 113 Å². The molecule has 5 nitrogen and oxygen atoms in total. The molecule has 19 heavy (non-hydrogen) atoms. The number of hydrogen-bond donors (Lipinski definition) is 2. The average molecular weight is 269 g/mol. The number of rotatable bonds is 4. The van der Waals surface area contributed by atoms with E-state index in [2.05, 4.69) is 12.2 Å². The van der Waals surface area contributed by atoms with E-state index in [0.29, 0.717) is 32.0 Å². The number of nitrogens with one attached hydrogen (secondary N) is 1. The van der Waals surface area contributed by atoms with Gasteiger partial charge >= 0.3 is 5.97 Å². The Balaban J connectivity index is 1.94. The fraction of sp³-hybridized carbons (Fsp3) is 0.857. The number of ether oxygens (including phenoxy) is 1. The van der Waals surface area contributed by atoms with Crippen LogP contribution in [0.1, 0.15) is 39.0 Å². The van der Waals surface area contributed by atoms with Gasteiger partial charge in [0.1, 0.15) is 0 Å². The van der Waals surface area contributed by atoms with Crippen LogP contribution < -0.4 is 5.32 Å². The molecule has 2 rings (SSSR count). The molecule has 1 amide bonds. The zero-order valence-corrected chi connectivity index (χ0v) is 11.4. The number of hydrogen-bond acceptors (Lipinski definition) is 3. The van der Waals surface area contributed by atoms with E-state index in [-0.39, 0.29) is 17.9 Å². The number of carboxylic acid groups (broad SMARTS) is 1. The molecular weight excluding hydrogens is 246 g/mol. The van der Waals surface area contributed by atoms with Crippen molar-refractivity contribution in [3.63, 3.8) is 0 Å². The van der Waals surface area contributed by atoms with E-state index >= 15 is 0 Å². The van der Waals surface area contributed by atoms with E-state index in [1.165, 1.54) is 0 Å². The van der Waals surface area contributed by atoms with E-state index in [4.69, 9.17) is 4.74 Å². The predicted molar refractivity (Wildman–Crippen MR) is 69.6 cm³/mol. The number of amides is 1. The summed E-state index contributed by atoms with van der Waals surface area (Å²) >= 11 is 0. The second-order valence-electron chi connectivity index (χ2n) is 5.69. The van der Waals surface area contributed by atoms with Crippen molar-refractivity contribution in [3.8, 4) is 0 Å². The second-order valence-corrected chi connectivity index (χ2v) is 5.69. The lowest BCUT2D eigenvalue weighted by molar-refractivity contribution is -0.146. The molecule has 1 aliphatic heterocycles. The Morgan fingerprint density at radius 3 is 2.42 bits per heavy atom. The third kappa shape index (κ3) is 3.47. The molecule has 2 fully saturated rings. The van der Waals surface area contributed by atoms with Gasteiger partial charge in [-0.15, -0.1) is 0 Å². The lowest BCUT2D eigenvalue weighted by atomic mass is 9.94. The number of aliphatic carboxylic acids is 1. The van der Waals surface area contributed by atoms with Crippen molar-refractivity contribution >= 4 is 11.9 Å². The summed E-state index contributed by atoms with van der Waals surface area (Å²) in [4.78, 5) is 23.5. The quantitative estimate of drug-likeness (QED) is 0.809. The number of carbonyl (C=O) groups is 2. The van der Waals surface area contributed by atoms with Gasteiger partial charge in [0.05, 0.1) is 11.8 Å². The first kappa shape index (κ1) is 14.3. The first-order valence-corrected chi connectivity index (χ1v) is 7.22. The third-order valence-electron chi connectivity index (χ3n) is 4.46. The molecule has 0 aromatic rings. The van der Waals surface area contributed by atoms with Gasteiger partial charge in [-0.2, -0.15) is 0 Å². The minimum absolute atomic E-state index is 0.0738. The largest absolute Gasteiger partial charge is 0.481 e. The summed E-state index contributed by atoms with van der Waals surface area (Å²) in [5.74, 6) is -1.40. The minimum Gasteiger partial charge on any atom is -0.481 e. The molecule has 2 N–H and O–H groups in total. The lowest BCUT2D eigenvalue weighted by Crippen LogP contribution is -2.43. The van der Waals surface area contributed by atoms with Gasteiger partial charge in [0.2, 0.25) is 5.91 Å². The molecule has 1 unspecified atom stereocenters. The van der Waals surface area contributed by atoms with Crippen molar-refractivity contribution in [2.45, 2.75) is 45.1 Å². The van der Waals surface area contributed by atoms with Gasteiger partial charge in [-0.1, -0.05) is 13.3 Å². The Morgan fingerprint density at radius 2 is 1.84 bits per heavy atom. The van der Waals surface area contributed by atoms with Crippen molar-refractivity contribution in [1.82, 2.24) is 5.32 Å². The molecule has 1 heterocycles. The van der Waals surface area contributed by atoms with E-state index in [0.717, 1.165) is 19.3 Å². The summed E-state index contributed by atoms with van der Waals surface area (Å²) in [5.41, 5.74) is 0. The highest BCUT2D eigenvalue weighted by atomic mass is 16.5. The van der Waals surface area contributed by atoms with E-state index in [9.17, 15) is 14.7 Å². The predicted octanol–water partition coefficient (Wildman–Crippen LogP) is 1.42. The maximum atomic E-state index is 12.3. The summed E-state index contributed by atoms with van der Waals surface area (Å²) in [6.45, 7) is 3.41. The molecule has 0 bridgehead atoms. The fourth-order valence-corrected chi connectivity index (χ4v) is 3.19. The van der Waals surface area contributed by atoms with Gasteiger partial charge in [-0.3, -0.25) is 9.59 Å². The van der Waals surface area contributed by atoms with Crippen LogP contribution in [0.25, 0.3) is 0 Å². The maximum Gasteiger partial charge on any atom is 0.307 e. The van der Waals surface area contributed by atoms with Crippen LogP contribution in [0.15, 0.2) is 0 Å². The summed E-state index contributed by atoms with van der Waals surface area (Å²) in [6.07, 6.45) is 3.95. The number of carbonyl (C=O) groups excluding carboxylic acids is 1. The Kier molecular flexibility index (Phi) is 4.80. The highest BCUT2D eigenvalue weighted by molar-refractivity contribution is 5.85. The highest BCUT2D eigenvalue weighted by Gasteiger charge is 2.42. The SMILES string of the molecule is CCC1C[C@H](C(=O)NC2CCOCC2)[C@H](C(=O)O)C1. The lowest BCUT2D eigenvalue weighted by Gasteiger charge is -2.25. The molecule has 0 aromatic heterocycles. The number of carboxylic acids is 1. The molecule has 0 aromatic carbocycles. The smallest absolute Gasteiger partial charge is 0.307 e. The Hall–Kier alpha value is -1.10. The molecule has 5 heteroatoms. The molecule has 1 saturated heterocycles. The van der Waals surface area contributed by atoms with Crippen LogP contribution in [0.5, 0.6) is 0 Å². The zero-order valence-electron chi connectivity index (χ0n) is 11.4. The van der Waals surface area contributed by atoms with E-state index < -0.39 is 11.9 Å². The second kappa shape index (κ2) is 6.37. The monoisotopic (exact) mass is 269 g/mol. The van der Waals surface area contributed by atoms with Crippen LogP contribution in [0.3, 0.4) is 0 Å². The van der Waals surface area contributed by atoms with Gasteiger partial charge < -0.3 is 15.2 Å². The third-order valence-corrected chi connectivity index (χ3v) is 4.46. The molecule has 0 radical (unpaired) electrons. The Bertz CT molecular complexity index is 338. The summed E-state index contributed by atoms with van der Waals surface area (Å²) in [7, 11) is 0. The standard InChI is InChI=1S/C14H23NO4/c1-2-9-7-11(12(8-9)14(17)18)13(16)15-10-3-5-19-6-4-10/h9-12H,2-8H2,1H3,(H,15,16)(H,17,18)/t9?,11-,12+/m0/s1. The van der Waals surface area contributed by atoms with Gasteiger partial charge in [0.25, 0.3) is 0 Å². The summed E-state index contributed by atoms with van der Waals surface area (Å²) in [6, 6.07) is 0.149. The van der Waals surface area contributed by atoms with Crippen molar-refractivity contribution in [2.75, 3.05) is 13.2 Å². The topological polar surface area (TPSA) is 75.6 Å². The van der Waals surface area contributed by atoms with Gasteiger partial charge in [0.15, 0.2) is 0 Å². The summed E-state index contributed by atoms with van der Waals surface area (Å²) < 4.78 is 5.26. The zero-order chi connectivity index (χ0) is 13.8. The van der Waals surface area contributed by atoms with Crippen molar-refractivity contribution in [3.05, 3.63) is 0 Å². The van der Waals surface area contributed by atoms with Crippen molar-refractivity contribution < 1.29 is 19.4 Å². The van der Waals surface area contributed by atoms with Gasteiger partial charge in [-0.25, -0.2) is 0 Å². The van der Waals surface area contributed by atoms with Crippen LogP contribution in [0.4, 0.5) is 0 Å². The molecular formula is C14H23NO4. The van der Waals surface area contributed by atoms with Crippen LogP contribution in [0, 0.1) is 17.8 Å². The maximum absolute atomic E-state index is 12.3. The van der Waals surface area contributed by atoms with Crippen LogP contribution in [-0.2, 0) is 14.3 Å². The molecule has 0 spiro atoms. The van der Waals surface area contributed by atoms with E-state index in [1.807, 2.05) is 0 Å². The van der Waals surface area contributed by atoms with E-state index in [1.54, 1.807) is 0 Å². The van der Waals surface area contributed by atoms with Crippen LogP contribution >= 0.6 is 0 Å². The fourth-order valence-electron chi connectivity index (χ4n) is 3.19. The van der Waals surface area contributed by atoms with Crippen LogP contribution in [-0.4, -0.2) is 36.2 Å². The van der Waals surface area contributed by atoms with Gasteiger partial charge in [0, 0.05) is 19.3 Å². The van der Waals surface area contributed by atoms with Crippen molar-refractivity contribution in [1.29, 1.82) is 0 Å². The van der Waals surface area contributed by atoms with Crippen LogP contribution in [0.2, 0.25) is 0 Å². The normalized spacial score (nSPS) is 32.2. The average Bonchev–Trinajstić information content (AvgIpc) is 2.84.